The number of hydrogen-bond donors (Lipinski definition) is 1. The van der Waals surface area contributed by atoms with Gasteiger partial charge in [0, 0.05) is 5.39 Å². The van der Waals surface area contributed by atoms with E-state index in [-0.39, 0.29) is 0 Å². The average molecular weight is 394 g/mol. The molecule has 0 bridgehead atoms. The van der Waals surface area contributed by atoms with Gasteiger partial charge < -0.3 is 19.5 Å². The van der Waals surface area contributed by atoms with Crippen LogP contribution in [0.2, 0.25) is 0 Å². The summed E-state index contributed by atoms with van der Waals surface area (Å²) in [6.45, 7) is 3.63. The third-order valence-corrected chi connectivity index (χ3v) is 4.23. The Kier molecular flexibility index (Phi) is 6.29. The zero-order valence-electron chi connectivity index (χ0n) is 16.5. The molecule has 0 aliphatic rings. The molecule has 0 unspecified atom stereocenters. The highest BCUT2D eigenvalue weighted by atomic mass is 16.5. The van der Waals surface area contributed by atoms with Gasteiger partial charge in [0.1, 0.15) is 11.5 Å². The van der Waals surface area contributed by atoms with Crippen molar-refractivity contribution in [1.82, 2.24) is 4.98 Å². The maximum Gasteiger partial charge on any atom is 0.340 e. The number of rotatable bonds is 7. The lowest BCUT2D eigenvalue weighted by molar-refractivity contribution is -0.119. The summed E-state index contributed by atoms with van der Waals surface area (Å²) >= 11 is 0. The van der Waals surface area contributed by atoms with Gasteiger partial charge in [0.2, 0.25) is 0 Å². The summed E-state index contributed by atoms with van der Waals surface area (Å²) in [7, 11) is 1.57. The first-order chi connectivity index (χ1) is 14.0. The van der Waals surface area contributed by atoms with E-state index in [0.717, 1.165) is 10.9 Å². The average Bonchev–Trinajstić information content (AvgIpc) is 2.72. The zero-order valence-corrected chi connectivity index (χ0v) is 16.5. The number of anilines is 1. The summed E-state index contributed by atoms with van der Waals surface area (Å²) in [4.78, 5) is 29.1. The standard InChI is InChI=1S/C22H22N2O5/c1-4-28-20-8-6-5-7-19(20)24-21(25)13-29-22(26)17-12-15-11-16(27-3)9-10-18(15)23-14(17)2/h5-12H,4,13H2,1-3H3,(H,24,25). The monoisotopic (exact) mass is 394 g/mol. The first kappa shape index (κ1) is 20.1. The molecular weight excluding hydrogens is 372 g/mol. The summed E-state index contributed by atoms with van der Waals surface area (Å²) in [5.74, 6) is 0.138. The number of amides is 1. The molecule has 0 saturated heterocycles. The van der Waals surface area contributed by atoms with Crippen LogP contribution in [-0.2, 0) is 9.53 Å². The van der Waals surface area contributed by atoms with E-state index in [0.29, 0.717) is 35.1 Å². The lowest BCUT2D eigenvalue weighted by Crippen LogP contribution is -2.21. The van der Waals surface area contributed by atoms with Gasteiger partial charge >= 0.3 is 5.97 Å². The van der Waals surface area contributed by atoms with E-state index in [2.05, 4.69) is 10.3 Å². The lowest BCUT2D eigenvalue weighted by Gasteiger charge is -2.12. The van der Waals surface area contributed by atoms with Crippen molar-refractivity contribution in [2.24, 2.45) is 0 Å². The molecule has 0 radical (unpaired) electrons. The SMILES string of the molecule is CCOc1ccccc1NC(=O)COC(=O)c1cc2cc(OC)ccc2nc1C. The highest BCUT2D eigenvalue weighted by molar-refractivity contribution is 5.98. The zero-order chi connectivity index (χ0) is 20.8. The third kappa shape index (κ3) is 4.82. The summed E-state index contributed by atoms with van der Waals surface area (Å²) < 4.78 is 15.9. The molecule has 1 heterocycles. The second-order valence-corrected chi connectivity index (χ2v) is 6.23. The van der Waals surface area contributed by atoms with Crippen LogP contribution in [0.4, 0.5) is 5.69 Å². The number of benzene rings is 2. The molecule has 0 fully saturated rings. The van der Waals surface area contributed by atoms with Gasteiger partial charge in [-0.15, -0.1) is 0 Å². The predicted octanol–water partition coefficient (Wildman–Crippen LogP) is 3.75. The largest absolute Gasteiger partial charge is 0.497 e. The number of hydrogen-bond acceptors (Lipinski definition) is 6. The molecule has 3 aromatic rings. The Morgan fingerprint density at radius 1 is 1.10 bits per heavy atom. The molecule has 1 aromatic heterocycles. The fraction of sp³-hybridized carbons (Fsp3) is 0.227. The lowest BCUT2D eigenvalue weighted by atomic mass is 10.1. The number of pyridine rings is 1. The van der Waals surface area contributed by atoms with E-state index in [1.165, 1.54) is 0 Å². The van der Waals surface area contributed by atoms with Crippen molar-refractivity contribution in [2.45, 2.75) is 13.8 Å². The van der Waals surface area contributed by atoms with Crippen LogP contribution in [0, 0.1) is 6.92 Å². The van der Waals surface area contributed by atoms with Gasteiger partial charge in [-0.05, 0) is 50.2 Å². The van der Waals surface area contributed by atoms with Crippen LogP contribution in [0.25, 0.3) is 10.9 Å². The Hall–Kier alpha value is -3.61. The number of methoxy groups -OCH3 is 1. The number of esters is 1. The Morgan fingerprint density at radius 3 is 2.66 bits per heavy atom. The topological polar surface area (TPSA) is 86.8 Å². The van der Waals surface area contributed by atoms with Crippen LogP contribution in [0.1, 0.15) is 23.0 Å². The van der Waals surface area contributed by atoms with Crippen LogP contribution in [0.15, 0.2) is 48.5 Å². The fourth-order valence-electron chi connectivity index (χ4n) is 2.83. The van der Waals surface area contributed by atoms with Gasteiger partial charge in [0.05, 0.1) is 36.2 Å². The van der Waals surface area contributed by atoms with E-state index in [1.54, 1.807) is 50.4 Å². The van der Waals surface area contributed by atoms with Crippen LogP contribution in [-0.4, -0.2) is 37.2 Å². The summed E-state index contributed by atoms with van der Waals surface area (Å²) in [6.07, 6.45) is 0. The molecule has 0 aliphatic heterocycles. The minimum Gasteiger partial charge on any atom is -0.497 e. The van der Waals surface area contributed by atoms with Gasteiger partial charge in [0.15, 0.2) is 6.61 Å². The van der Waals surface area contributed by atoms with E-state index < -0.39 is 18.5 Å². The Balaban J connectivity index is 1.69. The van der Waals surface area contributed by atoms with Gasteiger partial charge in [0.25, 0.3) is 5.91 Å². The molecule has 7 nitrogen and oxygen atoms in total. The van der Waals surface area contributed by atoms with Crippen molar-refractivity contribution in [2.75, 3.05) is 25.6 Å². The Morgan fingerprint density at radius 2 is 1.90 bits per heavy atom. The molecule has 0 saturated carbocycles. The Bertz CT molecular complexity index is 1050. The minimum atomic E-state index is -0.618. The second-order valence-electron chi connectivity index (χ2n) is 6.23. The molecule has 2 aromatic carbocycles. The number of aromatic nitrogens is 1. The number of nitrogens with zero attached hydrogens (tertiary/aromatic N) is 1. The molecule has 0 aliphatic carbocycles. The van der Waals surface area contributed by atoms with Gasteiger partial charge in [-0.2, -0.15) is 0 Å². The summed E-state index contributed by atoms with van der Waals surface area (Å²) in [5.41, 5.74) is 2.08. The van der Waals surface area contributed by atoms with E-state index in [4.69, 9.17) is 14.2 Å². The molecule has 0 atom stereocenters. The van der Waals surface area contributed by atoms with Crippen LogP contribution < -0.4 is 14.8 Å². The molecule has 7 heteroatoms. The van der Waals surface area contributed by atoms with Gasteiger partial charge in [-0.25, -0.2) is 4.79 Å². The van der Waals surface area contributed by atoms with Crippen LogP contribution >= 0.6 is 0 Å². The van der Waals surface area contributed by atoms with Crippen molar-refractivity contribution in [3.8, 4) is 11.5 Å². The normalized spacial score (nSPS) is 10.4. The molecule has 29 heavy (non-hydrogen) atoms. The van der Waals surface area contributed by atoms with Crippen molar-refractivity contribution >= 4 is 28.5 Å². The molecule has 1 amide bonds. The molecule has 3 rings (SSSR count). The smallest absolute Gasteiger partial charge is 0.340 e. The molecule has 150 valence electrons. The second kappa shape index (κ2) is 9.05. The highest BCUT2D eigenvalue weighted by Crippen LogP contribution is 2.24. The maximum atomic E-state index is 12.5. The highest BCUT2D eigenvalue weighted by Gasteiger charge is 2.16. The van der Waals surface area contributed by atoms with Crippen LogP contribution in [0.3, 0.4) is 0 Å². The molecular formula is C22H22N2O5. The fourth-order valence-corrected chi connectivity index (χ4v) is 2.83. The van der Waals surface area contributed by atoms with E-state index in [9.17, 15) is 9.59 Å². The van der Waals surface area contributed by atoms with Crippen molar-refractivity contribution < 1.29 is 23.8 Å². The summed E-state index contributed by atoms with van der Waals surface area (Å²) in [5, 5.41) is 3.44. The van der Waals surface area contributed by atoms with E-state index in [1.807, 2.05) is 19.1 Å². The van der Waals surface area contributed by atoms with E-state index >= 15 is 0 Å². The Labute approximate surface area is 168 Å². The quantitative estimate of drug-likeness (QED) is 0.614. The number of carbonyl (C=O) groups is 2. The van der Waals surface area contributed by atoms with Crippen LogP contribution in [0.5, 0.6) is 11.5 Å². The number of fused-ring (bicyclic) bond motifs is 1. The number of para-hydroxylation sites is 2. The first-order valence-corrected chi connectivity index (χ1v) is 9.16. The number of aryl methyl sites for hydroxylation is 1. The maximum absolute atomic E-state index is 12.5. The van der Waals surface area contributed by atoms with Crippen molar-refractivity contribution in [1.29, 1.82) is 0 Å². The first-order valence-electron chi connectivity index (χ1n) is 9.16. The number of nitrogens with one attached hydrogen (secondary N) is 1. The molecule has 1 N–H and O–H groups in total. The van der Waals surface area contributed by atoms with Crippen molar-refractivity contribution in [3.05, 3.63) is 59.8 Å². The van der Waals surface area contributed by atoms with Gasteiger partial charge in [-0.3, -0.25) is 9.78 Å². The van der Waals surface area contributed by atoms with Crippen molar-refractivity contribution in [3.63, 3.8) is 0 Å². The minimum absolute atomic E-state index is 0.299. The summed E-state index contributed by atoms with van der Waals surface area (Å²) in [6, 6.07) is 14.2. The third-order valence-electron chi connectivity index (χ3n) is 4.23. The molecule has 0 spiro atoms. The number of ether oxygens (including phenoxy) is 3. The predicted molar refractivity (Wildman–Crippen MR) is 110 cm³/mol. The number of carbonyl (C=O) groups excluding carboxylic acids is 2. The van der Waals surface area contributed by atoms with Gasteiger partial charge in [-0.1, -0.05) is 12.1 Å².